The van der Waals surface area contributed by atoms with E-state index in [1.807, 2.05) is 18.2 Å². The van der Waals surface area contributed by atoms with Crippen LogP contribution in [0.2, 0.25) is 0 Å². The fourth-order valence-corrected chi connectivity index (χ4v) is 8.39. The normalized spacial score (nSPS) is 11.9. The van der Waals surface area contributed by atoms with E-state index in [1.54, 1.807) is 0 Å². The topological polar surface area (TPSA) is 87.9 Å². The maximum atomic E-state index is 9.22. The van der Waals surface area contributed by atoms with Crippen LogP contribution in [0.5, 0.6) is 0 Å². The van der Waals surface area contributed by atoms with Gasteiger partial charge in [-0.25, -0.2) is 5.84 Å². The fourth-order valence-electron chi connectivity index (χ4n) is 4.15. The van der Waals surface area contributed by atoms with Gasteiger partial charge in [-0.05, 0) is 42.0 Å². The highest BCUT2D eigenvalue weighted by Gasteiger charge is 2.45. The Kier molecular flexibility index (Phi) is 6.86. The third-order valence-corrected chi connectivity index (χ3v) is 10.2. The van der Waals surface area contributed by atoms with Crippen molar-refractivity contribution >= 4 is 28.9 Å². The second kappa shape index (κ2) is 10.1. The van der Waals surface area contributed by atoms with E-state index in [1.165, 1.54) is 21.5 Å². The molecule has 0 saturated heterocycles. The smallest absolute Gasteiger partial charge is 0.151 e. The van der Waals surface area contributed by atoms with E-state index in [0.717, 1.165) is 11.7 Å². The number of hydrogen-bond acceptors (Lipinski definition) is 4. The molecule has 0 atom stereocenters. The van der Waals surface area contributed by atoms with Crippen molar-refractivity contribution in [3.8, 4) is 6.07 Å². The maximum Gasteiger partial charge on any atom is 0.151 e. The number of nitriles is 1. The van der Waals surface area contributed by atoms with Crippen molar-refractivity contribution in [2.75, 3.05) is 0 Å². The van der Waals surface area contributed by atoms with Crippen LogP contribution in [0.4, 0.5) is 0 Å². The number of hydrogen-bond donors (Lipinski definition) is 3. The molecule has 4 aromatic carbocycles. The fraction of sp³-hybridized carbons (Fsp3) is 0.0357. The van der Waals surface area contributed by atoms with Crippen LogP contribution in [0.3, 0.4) is 0 Å². The highest BCUT2D eigenvalue weighted by molar-refractivity contribution is 7.95. The first kappa shape index (κ1) is 22.3. The molecule has 162 valence electrons. The number of nitrogens with one attached hydrogen (secondary N) is 1. The van der Waals surface area contributed by atoms with Gasteiger partial charge < -0.3 is 11.2 Å². The molecule has 0 amide bonds. The summed E-state index contributed by atoms with van der Waals surface area (Å²) in [5, 5.41) is 13.2. The van der Waals surface area contributed by atoms with E-state index in [2.05, 4.69) is 109 Å². The highest BCUT2D eigenvalue weighted by atomic mass is 31.2. The summed E-state index contributed by atoms with van der Waals surface area (Å²) in [6.45, 7) is 0. The molecule has 0 aliphatic heterocycles. The molecule has 33 heavy (non-hydrogen) atoms. The SMILES string of the molecule is N#C/C(NN)=C(/N)c1ccc(C[P+](c2ccccc2)(c2ccccc2)c2ccccc2)cc1. The third kappa shape index (κ3) is 4.52. The molecule has 0 aliphatic rings. The third-order valence-electron chi connectivity index (χ3n) is 5.80. The molecule has 0 bridgehead atoms. The van der Waals surface area contributed by atoms with Crippen LogP contribution in [-0.2, 0) is 6.16 Å². The predicted octanol–water partition coefficient (Wildman–Crippen LogP) is 3.79. The summed E-state index contributed by atoms with van der Waals surface area (Å²) in [6.07, 6.45) is 0.870. The minimum absolute atomic E-state index is 0.155. The van der Waals surface area contributed by atoms with Gasteiger partial charge in [0, 0.05) is 5.56 Å². The first-order valence-electron chi connectivity index (χ1n) is 10.7. The summed E-state index contributed by atoms with van der Waals surface area (Å²) < 4.78 is 0. The van der Waals surface area contributed by atoms with Crippen molar-refractivity contribution in [1.82, 2.24) is 5.43 Å². The minimum Gasteiger partial charge on any atom is -0.396 e. The van der Waals surface area contributed by atoms with Gasteiger partial charge in [0.25, 0.3) is 0 Å². The van der Waals surface area contributed by atoms with Crippen LogP contribution in [0.1, 0.15) is 11.1 Å². The lowest BCUT2D eigenvalue weighted by Gasteiger charge is -2.28. The number of nitrogens with zero attached hydrogens (tertiary/aromatic N) is 1. The van der Waals surface area contributed by atoms with Crippen molar-refractivity contribution in [1.29, 1.82) is 5.26 Å². The molecule has 0 unspecified atom stereocenters. The van der Waals surface area contributed by atoms with E-state index in [9.17, 15) is 5.26 Å². The first-order chi connectivity index (χ1) is 16.2. The van der Waals surface area contributed by atoms with Gasteiger partial charge in [0.15, 0.2) is 5.70 Å². The Morgan fingerprint density at radius 3 is 1.48 bits per heavy atom. The largest absolute Gasteiger partial charge is 0.396 e. The van der Waals surface area contributed by atoms with Gasteiger partial charge in [-0.2, -0.15) is 5.26 Å². The van der Waals surface area contributed by atoms with E-state index in [0.29, 0.717) is 5.70 Å². The van der Waals surface area contributed by atoms with Crippen molar-refractivity contribution in [3.05, 3.63) is 132 Å². The van der Waals surface area contributed by atoms with Gasteiger partial charge in [-0.1, -0.05) is 78.9 Å². The summed E-state index contributed by atoms with van der Waals surface area (Å²) in [6, 6.07) is 42.5. The van der Waals surface area contributed by atoms with E-state index >= 15 is 0 Å². The first-order valence-corrected chi connectivity index (χ1v) is 12.7. The van der Waals surface area contributed by atoms with Crippen LogP contribution in [-0.4, -0.2) is 0 Å². The molecule has 0 spiro atoms. The zero-order chi connectivity index (χ0) is 23.1. The summed E-state index contributed by atoms with van der Waals surface area (Å²) in [5.74, 6) is 5.42. The zero-order valence-corrected chi connectivity index (χ0v) is 19.1. The molecule has 4 nitrogen and oxygen atoms in total. The standard InChI is InChI=1S/C28H26N4P/c29-20-27(32-31)28(30)23-18-16-22(17-19-23)21-33(24-10-4-1-5-11-24,25-12-6-2-7-13-25)26-14-8-3-9-15-26/h1-19,32H,21,30-31H2/q+1/b28-27-. The quantitative estimate of drug-likeness (QED) is 0.173. The van der Waals surface area contributed by atoms with E-state index in [4.69, 9.17) is 11.6 Å². The maximum absolute atomic E-state index is 9.22. The Bertz CT molecular complexity index is 1170. The van der Waals surface area contributed by atoms with Crippen LogP contribution >= 0.6 is 7.26 Å². The lowest BCUT2D eigenvalue weighted by Crippen LogP contribution is -2.32. The second-order valence-electron chi connectivity index (χ2n) is 7.72. The van der Waals surface area contributed by atoms with Crippen molar-refractivity contribution in [2.45, 2.75) is 6.16 Å². The predicted molar refractivity (Wildman–Crippen MR) is 139 cm³/mol. The Labute approximate surface area is 195 Å². The minimum atomic E-state index is -1.97. The molecule has 4 aromatic rings. The lowest BCUT2D eigenvalue weighted by atomic mass is 10.1. The molecule has 0 radical (unpaired) electrons. The summed E-state index contributed by atoms with van der Waals surface area (Å²) in [7, 11) is -1.97. The Morgan fingerprint density at radius 1 is 0.697 bits per heavy atom. The van der Waals surface area contributed by atoms with Crippen molar-refractivity contribution < 1.29 is 0 Å². The van der Waals surface area contributed by atoms with Crippen LogP contribution in [0.25, 0.3) is 5.70 Å². The summed E-state index contributed by atoms with van der Waals surface area (Å²) in [4.78, 5) is 0. The average Bonchev–Trinajstić information content (AvgIpc) is 2.90. The Hall–Kier alpha value is -3.90. The van der Waals surface area contributed by atoms with E-state index < -0.39 is 7.26 Å². The Morgan fingerprint density at radius 2 is 1.12 bits per heavy atom. The average molecular weight is 450 g/mol. The van der Waals surface area contributed by atoms with Gasteiger partial charge >= 0.3 is 0 Å². The van der Waals surface area contributed by atoms with Gasteiger partial charge in [0.1, 0.15) is 29.2 Å². The molecule has 4 rings (SSSR count). The summed E-state index contributed by atoms with van der Waals surface area (Å²) in [5.41, 5.74) is 11.0. The number of allylic oxidation sites excluding steroid dienone is 1. The molecule has 0 heterocycles. The molecular formula is C28H26N4P+. The molecule has 0 aliphatic carbocycles. The monoisotopic (exact) mass is 449 g/mol. The zero-order valence-electron chi connectivity index (χ0n) is 18.2. The molecule has 0 saturated carbocycles. The molecule has 0 fully saturated rings. The van der Waals surface area contributed by atoms with Crippen LogP contribution in [0.15, 0.2) is 121 Å². The molecule has 0 aromatic heterocycles. The van der Waals surface area contributed by atoms with Gasteiger partial charge in [0.05, 0.1) is 11.9 Å². The lowest BCUT2D eigenvalue weighted by molar-refractivity contribution is 0.920. The summed E-state index contributed by atoms with van der Waals surface area (Å²) >= 11 is 0. The van der Waals surface area contributed by atoms with Crippen LogP contribution < -0.4 is 32.9 Å². The molecular weight excluding hydrogens is 423 g/mol. The van der Waals surface area contributed by atoms with Crippen molar-refractivity contribution in [2.24, 2.45) is 11.6 Å². The van der Waals surface area contributed by atoms with E-state index in [-0.39, 0.29) is 5.70 Å². The van der Waals surface area contributed by atoms with Gasteiger partial charge in [-0.3, -0.25) is 0 Å². The second-order valence-corrected chi connectivity index (χ2v) is 11.2. The molecule has 5 heteroatoms. The number of hydrazine groups is 1. The number of rotatable bonds is 7. The van der Waals surface area contributed by atoms with Gasteiger partial charge in [0.2, 0.25) is 0 Å². The van der Waals surface area contributed by atoms with Crippen molar-refractivity contribution in [3.63, 3.8) is 0 Å². The molecule has 5 N–H and O–H groups in total. The number of benzene rings is 4. The van der Waals surface area contributed by atoms with Crippen LogP contribution in [0, 0.1) is 11.3 Å². The van der Waals surface area contributed by atoms with Gasteiger partial charge in [-0.15, -0.1) is 0 Å². The number of nitrogens with two attached hydrogens (primary N) is 2. The Balaban J connectivity index is 1.87. The highest BCUT2D eigenvalue weighted by Crippen LogP contribution is 2.58.